The molecule has 1 saturated heterocycles. The number of fused-ring (bicyclic) bond motifs is 1. The Morgan fingerprint density at radius 3 is 2.48 bits per heavy atom. The van der Waals surface area contributed by atoms with Gasteiger partial charge >= 0.3 is 12.1 Å². The highest BCUT2D eigenvalue weighted by molar-refractivity contribution is 5.81. The van der Waals surface area contributed by atoms with Gasteiger partial charge in [0.25, 0.3) is 11.7 Å². The van der Waals surface area contributed by atoms with Crippen LogP contribution in [0.15, 0.2) is 12.1 Å². The Kier molecular flexibility index (Phi) is 6.65. The average molecular weight is 442 g/mol. The predicted molar refractivity (Wildman–Crippen MR) is 104 cm³/mol. The molecule has 1 aliphatic heterocycles. The number of aromatic nitrogens is 4. The number of amides is 1. The van der Waals surface area contributed by atoms with Crippen LogP contribution in [0.25, 0.3) is 5.65 Å². The lowest BCUT2D eigenvalue weighted by molar-refractivity contribution is -0.153. The highest BCUT2D eigenvalue weighted by Crippen LogP contribution is 2.28. The number of nitrogens with one attached hydrogen (secondary N) is 1. The Labute approximate surface area is 176 Å². The molecule has 0 bridgehead atoms. The number of hydrogen-bond acceptors (Lipinski definition) is 7. The quantitative estimate of drug-likeness (QED) is 0.684. The maximum absolute atomic E-state index is 13.0. The summed E-state index contributed by atoms with van der Waals surface area (Å²) >= 11 is 0. The molecule has 1 atom stereocenters. The molecule has 31 heavy (non-hydrogen) atoms. The first-order chi connectivity index (χ1) is 14.6. The van der Waals surface area contributed by atoms with Crippen molar-refractivity contribution in [1.29, 1.82) is 0 Å². The lowest BCUT2D eigenvalue weighted by Crippen LogP contribution is -2.40. The van der Waals surface area contributed by atoms with Crippen LogP contribution in [-0.2, 0) is 20.5 Å². The molecular formula is C19H25F3N6O3. The van der Waals surface area contributed by atoms with Crippen LogP contribution in [0.3, 0.4) is 0 Å². The Morgan fingerprint density at radius 2 is 1.87 bits per heavy atom. The third-order valence-corrected chi connectivity index (χ3v) is 5.39. The van der Waals surface area contributed by atoms with E-state index in [9.17, 15) is 22.8 Å². The molecule has 1 unspecified atom stereocenters. The van der Waals surface area contributed by atoms with Gasteiger partial charge in [-0.2, -0.15) is 17.7 Å². The van der Waals surface area contributed by atoms with Gasteiger partial charge in [-0.3, -0.25) is 9.59 Å². The lowest BCUT2D eigenvalue weighted by atomic mass is 9.97. The van der Waals surface area contributed by atoms with Gasteiger partial charge in [-0.25, -0.2) is 0 Å². The SMILES string of the molecule is CC(C)C(C)NC(=O)COC(=O)C1CCN(c2ccc3nnc(C(F)(F)F)n3n2)CC1. The molecule has 1 fully saturated rings. The zero-order valence-corrected chi connectivity index (χ0v) is 17.5. The summed E-state index contributed by atoms with van der Waals surface area (Å²) in [7, 11) is 0. The largest absolute Gasteiger partial charge is 0.455 e. The van der Waals surface area contributed by atoms with Crippen LogP contribution in [-0.4, -0.2) is 57.4 Å². The number of halogens is 3. The second kappa shape index (κ2) is 9.06. The fourth-order valence-corrected chi connectivity index (χ4v) is 3.19. The molecule has 0 radical (unpaired) electrons. The van der Waals surface area contributed by atoms with Crippen molar-refractivity contribution in [2.24, 2.45) is 11.8 Å². The topological polar surface area (TPSA) is 102 Å². The minimum Gasteiger partial charge on any atom is -0.455 e. The summed E-state index contributed by atoms with van der Waals surface area (Å²) in [6.07, 6.45) is -3.78. The van der Waals surface area contributed by atoms with Crippen molar-refractivity contribution in [3.8, 4) is 0 Å². The highest BCUT2D eigenvalue weighted by atomic mass is 19.4. The fraction of sp³-hybridized carbons (Fsp3) is 0.632. The van der Waals surface area contributed by atoms with E-state index < -0.39 is 18.0 Å². The Bertz CT molecular complexity index is 938. The molecule has 3 heterocycles. The first kappa shape index (κ1) is 22.8. The molecule has 0 saturated carbocycles. The molecule has 170 valence electrons. The minimum absolute atomic E-state index is 0.000370. The van der Waals surface area contributed by atoms with Crippen LogP contribution >= 0.6 is 0 Å². The standard InChI is InChI=1S/C19H25F3N6O3/c1-11(2)12(3)23-16(29)10-31-17(30)13-6-8-27(9-7-13)15-5-4-14-24-25-18(19(20,21)22)28(14)26-15/h4-5,11-13H,6-10H2,1-3H3,(H,23,29). The Morgan fingerprint density at radius 1 is 1.19 bits per heavy atom. The molecule has 3 rings (SSSR count). The molecule has 1 aliphatic rings. The van der Waals surface area contributed by atoms with Gasteiger partial charge in [0.1, 0.15) is 5.82 Å². The molecule has 12 heteroatoms. The van der Waals surface area contributed by atoms with Crippen molar-refractivity contribution < 1.29 is 27.5 Å². The van der Waals surface area contributed by atoms with E-state index in [0.717, 1.165) is 0 Å². The number of ether oxygens (including phenoxy) is 1. The molecule has 9 nitrogen and oxygen atoms in total. The summed E-state index contributed by atoms with van der Waals surface area (Å²) in [6, 6.07) is 2.97. The van der Waals surface area contributed by atoms with E-state index in [1.54, 1.807) is 11.0 Å². The lowest BCUT2D eigenvalue weighted by Gasteiger charge is -2.31. The number of carbonyl (C=O) groups is 2. The summed E-state index contributed by atoms with van der Waals surface area (Å²) in [5, 5.41) is 13.4. The second-order valence-corrected chi connectivity index (χ2v) is 7.95. The third kappa shape index (κ3) is 5.42. The Balaban J connectivity index is 1.54. The van der Waals surface area contributed by atoms with Crippen LogP contribution in [0.4, 0.5) is 19.0 Å². The van der Waals surface area contributed by atoms with E-state index in [-0.39, 0.29) is 36.0 Å². The van der Waals surface area contributed by atoms with E-state index in [1.165, 1.54) is 6.07 Å². The first-order valence-electron chi connectivity index (χ1n) is 10.1. The van der Waals surface area contributed by atoms with Gasteiger partial charge in [-0.1, -0.05) is 13.8 Å². The molecular weight excluding hydrogens is 417 g/mol. The zero-order valence-electron chi connectivity index (χ0n) is 17.5. The van der Waals surface area contributed by atoms with Gasteiger partial charge in [0.15, 0.2) is 12.3 Å². The van der Waals surface area contributed by atoms with Crippen LogP contribution < -0.4 is 10.2 Å². The monoisotopic (exact) mass is 442 g/mol. The molecule has 2 aromatic heterocycles. The van der Waals surface area contributed by atoms with E-state index in [4.69, 9.17) is 4.74 Å². The predicted octanol–water partition coefficient (Wildman–Crippen LogP) is 2.06. The van der Waals surface area contributed by atoms with Crippen LogP contribution in [0.2, 0.25) is 0 Å². The van der Waals surface area contributed by atoms with E-state index in [2.05, 4.69) is 20.6 Å². The summed E-state index contributed by atoms with van der Waals surface area (Å²) < 4.78 is 44.9. The number of anilines is 1. The molecule has 1 N–H and O–H groups in total. The zero-order chi connectivity index (χ0) is 22.8. The van der Waals surface area contributed by atoms with Crippen molar-refractivity contribution in [1.82, 2.24) is 25.1 Å². The van der Waals surface area contributed by atoms with Gasteiger partial charge in [0.2, 0.25) is 0 Å². The third-order valence-electron chi connectivity index (χ3n) is 5.39. The molecule has 1 amide bonds. The smallest absolute Gasteiger partial charge is 0.453 e. The number of hydrogen-bond donors (Lipinski definition) is 1. The molecule has 0 aromatic carbocycles. The van der Waals surface area contributed by atoms with Crippen molar-refractivity contribution in [3.05, 3.63) is 18.0 Å². The number of rotatable bonds is 6. The summed E-state index contributed by atoms with van der Waals surface area (Å²) in [6.45, 7) is 6.33. The summed E-state index contributed by atoms with van der Waals surface area (Å²) in [5.74, 6) is -1.76. The van der Waals surface area contributed by atoms with Crippen LogP contribution in [0.1, 0.15) is 39.4 Å². The molecule has 2 aromatic rings. The second-order valence-electron chi connectivity index (χ2n) is 7.95. The van der Waals surface area contributed by atoms with Gasteiger partial charge in [-0.05, 0) is 37.8 Å². The van der Waals surface area contributed by atoms with Crippen LogP contribution in [0, 0.1) is 11.8 Å². The minimum atomic E-state index is -4.67. The van der Waals surface area contributed by atoms with Crippen molar-refractivity contribution in [3.63, 3.8) is 0 Å². The molecule has 0 aliphatic carbocycles. The Hall–Kier alpha value is -2.92. The van der Waals surface area contributed by atoms with Crippen molar-refractivity contribution >= 4 is 23.3 Å². The normalized spacial score (nSPS) is 16.5. The molecule has 0 spiro atoms. The number of alkyl halides is 3. The van der Waals surface area contributed by atoms with Gasteiger partial charge in [-0.15, -0.1) is 15.3 Å². The average Bonchev–Trinajstić information content (AvgIpc) is 3.15. The fourth-order valence-electron chi connectivity index (χ4n) is 3.19. The number of piperidine rings is 1. The van der Waals surface area contributed by atoms with Gasteiger partial charge < -0.3 is 15.0 Å². The van der Waals surface area contributed by atoms with Gasteiger partial charge in [0.05, 0.1) is 5.92 Å². The van der Waals surface area contributed by atoms with Crippen LogP contribution in [0.5, 0.6) is 0 Å². The first-order valence-corrected chi connectivity index (χ1v) is 10.1. The maximum atomic E-state index is 13.0. The van der Waals surface area contributed by atoms with E-state index in [1.807, 2.05) is 20.8 Å². The summed E-state index contributed by atoms with van der Waals surface area (Å²) in [5.41, 5.74) is -0.000370. The number of carbonyl (C=O) groups excluding carboxylic acids is 2. The van der Waals surface area contributed by atoms with Crippen molar-refractivity contribution in [2.45, 2.75) is 45.8 Å². The number of nitrogens with zero attached hydrogens (tertiary/aromatic N) is 5. The summed E-state index contributed by atoms with van der Waals surface area (Å²) in [4.78, 5) is 25.9. The van der Waals surface area contributed by atoms with Gasteiger partial charge in [0, 0.05) is 19.1 Å². The maximum Gasteiger partial charge on any atom is 0.453 e. The number of esters is 1. The van der Waals surface area contributed by atoms with Crippen molar-refractivity contribution in [2.75, 3.05) is 24.6 Å². The highest BCUT2D eigenvalue weighted by Gasteiger charge is 2.38. The van der Waals surface area contributed by atoms with E-state index >= 15 is 0 Å². The van der Waals surface area contributed by atoms with E-state index in [0.29, 0.717) is 36.3 Å².